The van der Waals surface area contributed by atoms with Gasteiger partial charge in [0.25, 0.3) is 5.91 Å². The normalized spacial score (nSPS) is 11.8. The van der Waals surface area contributed by atoms with E-state index in [1.165, 1.54) is 11.1 Å². The maximum absolute atomic E-state index is 12.2. The molecule has 0 aliphatic heterocycles. The fourth-order valence-electron chi connectivity index (χ4n) is 3.27. The topological polar surface area (TPSA) is 91.4 Å². The van der Waals surface area contributed by atoms with Crippen molar-refractivity contribution in [1.82, 2.24) is 20.5 Å². The van der Waals surface area contributed by atoms with Gasteiger partial charge in [0.05, 0.1) is 12.1 Å². The van der Waals surface area contributed by atoms with E-state index in [9.17, 15) is 14.4 Å². The van der Waals surface area contributed by atoms with Gasteiger partial charge in [0, 0.05) is 39.0 Å². The molecule has 1 rings (SSSR count). The smallest absolute Gasteiger partial charge is 0.252 e. The number of unbranched alkanes of at least 4 members (excludes halogenated alkanes) is 1. The van der Waals surface area contributed by atoms with Gasteiger partial charge in [-0.2, -0.15) is 0 Å². The van der Waals surface area contributed by atoms with E-state index in [4.69, 9.17) is 0 Å². The predicted octanol–water partition coefficient (Wildman–Crippen LogP) is 5.31. The Kier molecular flexibility index (Phi) is 19.1. The Morgan fingerprint density at radius 1 is 0.842 bits per heavy atom. The second-order valence-corrected chi connectivity index (χ2v) is 8.70. The number of nitrogens with zero attached hydrogens (tertiary/aromatic N) is 2. The third-order valence-corrected chi connectivity index (χ3v) is 5.38. The minimum atomic E-state index is -0.255. The zero-order valence-corrected chi connectivity index (χ0v) is 23.0. The highest BCUT2D eigenvalue weighted by atomic mass is 16.2. The van der Waals surface area contributed by atoms with Crippen molar-refractivity contribution in [3.8, 4) is 0 Å². The largest absolute Gasteiger partial charge is 0.353 e. The minimum Gasteiger partial charge on any atom is -0.353 e. The molecule has 0 aliphatic carbocycles. The maximum atomic E-state index is 12.2. The van der Waals surface area contributed by atoms with E-state index < -0.39 is 0 Å². The SMILES string of the molecule is CC/C=C\C/C=C\C/C=C\C/C=C\C/C=C\CCCC(=O)N(C)CC(=O)NCCNC(=O)c1cccnc1. The van der Waals surface area contributed by atoms with Crippen LogP contribution in [0.25, 0.3) is 0 Å². The summed E-state index contributed by atoms with van der Waals surface area (Å²) in [5, 5.41) is 5.42. The summed E-state index contributed by atoms with van der Waals surface area (Å²) < 4.78 is 0. The molecule has 0 spiro atoms. The lowest BCUT2D eigenvalue weighted by Crippen LogP contribution is -2.41. The lowest BCUT2D eigenvalue weighted by Gasteiger charge is -2.16. The minimum absolute atomic E-state index is 0.00292. The Morgan fingerprint density at radius 2 is 1.42 bits per heavy atom. The summed E-state index contributed by atoms with van der Waals surface area (Å²) in [5.41, 5.74) is 0.466. The third-order valence-electron chi connectivity index (χ3n) is 5.38. The second-order valence-electron chi connectivity index (χ2n) is 8.70. The summed E-state index contributed by atoms with van der Waals surface area (Å²) in [5.74, 6) is -0.557. The van der Waals surface area contributed by atoms with E-state index in [0.29, 0.717) is 18.5 Å². The Hall–Kier alpha value is -3.74. The molecule has 0 aromatic carbocycles. The second kappa shape index (κ2) is 22.5. The number of hydrogen-bond acceptors (Lipinski definition) is 4. The van der Waals surface area contributed by atoms with Gasteiger partial charge in [-0.1, -0.05) is 67.7 Å². The molecule has 2 N–H and O–H groups in total. The summed E-state index contributed by atoms with van der Waals surface area (Å²) in [6, 6.07) is 3.36. The molecule has 0 bridgehead atoms. The van der Waals surface area contributed by atoms with E-state index >= 15 is 0 Å². The van der Waals surface area contributed by atoms with E-state index in [1.54, 1.807) is 25.4 Å². The van der Waals surface area contributed by atoms with Crippen molar-refractivity contribution in [3.05, 3.63) is 90.9 Å². The zero-order chi connectivity index (χ0) is 27.7. The van der Waals surface area contributed by atoms with Crippen molar-refractivity contribution in [2.24, 2.45) is 0 Å². The quantitative estimate of drug-likeness (QED) is 0.191. The average molecular weight is 521 g/mol. The van der Waals surface area contributed by atoms with Crippen molar-refractivity contribution in [2.75, 3.05) is 26.7 Å². The molecule has 206 valence electrons. The van der Waals surface area contributed by atoms with Crippen LogP contribution in [0.1, 0.15) is 68.6 Å². The predicted molar refractivity (Wildman–Crippen MR) is 156 cm³/mol. The Labute approximate surface area is 228 Å². The highest BCUT2D eigenvalue weighted by Crippen LogP contribution is 2.02. The van der Waals surface area contributed by atoms with Gasteiger partial charge in [-0.3, -0.25) is 19.4 Å². The van der Waals surface area contributed by atoms with Crippen molar-refractivity contribution in [3.63, 3.8) is 0 Å². The maximum Gasteiger partial charge on any atom is 0.252 e. The molecule has 7 heteroatoms. The lowest BCUT2D eigenvalue weighted by molar-refractivity contribution is -0.134. The van der Waals surface area contributed by atoms with E-state index in [-0.39, 0.29) is 30.8 Å². The molecule has 0 unspecified atom stereocenters. The number of aromatic nitrogens is 1. The molecule has 7 nitrogen and oxygen atoms in total. The molecule has 1 aromatic heterocycles. The van der Waals surface area contributed by atoms with Gasteiger partial charge >= 0.3 is 0 Å². The van der Waals surface area contributed by atoms with Gasteiger partial charge < -0.3 is 15.5 Å². The van der Waals surface area contributed by atoms with Crippen LogP contribution in [0.2, 0.25) is 0 Å². The van der Waals surface area contributed by atoms with Gasteiger partial charge in [0.1, 0.15) is 0 Å². The number of likely N-dealkylation sites (N-methyl/N-ethyl adjacent to an activating group) is 1. The molecule has 3 amide bonds. The molecule has 0 atom stereocenters. The van der Waals surface area contributed by atoms with Crippen molar-refractivity contribution < 1.29 is 14.4 Å². The molecule has 1 heterocycles. The van der Waals surface area contributed by atoms with Crippen molar-refractivity contribution in [2.45, 2.75) is 58.3 Å². The Bertz CT molecular complexity index is 949. The van der Waals surface area contributed by atoms with Crippen LogP contribution in [0.3, 0.4) is 0 Å². The highest BCUT2D eigenvalue weighted by molar-refractivity contribution is 5.93. The molecule has 0 saturated heterocycles. The van der Waals surface area contributed by atoms with Gasteiger partial charge in [-0.25, -0.2) is 0 Å². The highest BCUT2D eigenvalue weighted by Gasteiger charge is 2.12. The summed E-state index contributed by atoms with van der Waals surface area (Å²) in [4.78, 5) is 41.6. The van der Waals surface area contributed by atoms with Crippen molar-refractivity contribution in [1.29, 1.82) is 0 Å². The fourth-order valence-corrected chi connectivity index (χ4v) is 3.27. The number of allylic oxidation sites excluding steroid dienone is 10. The Balaban J connectivity index is 2.04. The van der Waals surface area contributed by atoms with Gasteiger partial charge in [0.2, 0.25) is 11.8 Å². The number of amides is 3. The summed E-state index contributed by atoms with van der Waals surface area (Å²) in [6.45, 7) is 2.72. The van der Waals surface area contributed by atoms with Crippen LogP contribution in [-0.2, 0) is 9.59 Å². The third kappa shape index (κ3) is 17.7. The standard InChI is InChI=1S/C31H44N4O3/c1-3-4-5-6-7-8-9-10-11-12-13-14-15-16-17-18-19-22-30(37)35(2)27-29(36)33-24-25-34-31(38)28-21-20-23-32-26-28/h4-5,7-8,10-11,13-14,16-17,20-21,23,26H,3,6,9,12,15,18-19,22,24-25,27H2,1-2H3,(H,33,36)(H,34,38)/b5-4-,8-7-,11-10-,14-13-,17-16-. The molecule has 0 fully saturated rings. The summed E-state index contributed by atoms with van der Waals surface area (Å²) >= 11 is 0. The number of hydrogen-bond donors (Lipinski definition) is 2. The fraction of sp³-hybridized carbons (Fsp3) is 0.419. The van der Waals surface area contributed by atoms with Crippen LogP contribution in [0.5, 0.6) is 0 Å². The number of carbonyl (C=O) groups is 3. The lowest BCUT2D eigenvalue weighted by atomic mass is 10.2. The molecular formula is C31H44N4O3. The molecule has 0 aliphatic rings. The summed E-state index contributed by atoms with van der Waals surface area (Å²) in [6.07, 6.45) is 31.6. The van der Waals surface area contributed by atoms with Crippen molar-refractivity contribution >= 4 is 17.7 Å². The zero-order valence-electron chi connectivity index (χ0n) is 23.0. The van der Waals surface area contributed by atoms with Gasteiger partial charge in [-0.05, 0) is 57.1 Å². The van der Waals surface area contributed by atoms with E-state index in [0.717, 1.165) is 44.9 Å². The summed E-state index contributed by atoms with van der Waals surface area (Å²) in [7, 11) is 1.63. The number of carbonyl (C=O) groups excluding carboxylic acids is 3. The number of pyridine rings is 1. The number of rotatable bonds is 19. The van der Waals surface area contributed by atoms with Crippen LogP contribution in [0, 0.1) is 0 Å². The molecule has 0 saturated carbocycles. The monoisotopic (exact) mass is 520 g/mol. The first-order valence-electron chi connectivity index (χ1n) is 13.5. The first-order chi connectivity index (χ1) is 18.5. The first-order valence-corrected chi connectivity index (χ1v) is 13.5. The van der Waals surface area contributed by atoms with E-state index in [2.05, 4.69) is 83.3 Å². The Morgan fingerprint density at radius 3 is 2.00 bits per heavy atom. The van der Waals surface area contributed by atoms with Crippen LogP contribution < -0.4 is 10.6 Å². The number of nitrogens with one attached hydrogen (secondary N) is 2. The van der Waals surface area contributed by atoms with Crippen LogP contribution >= 0.6 is 0 Å². The average Bonchev–Trinajstić information content (AvgIpc) is 2.93. The van der Waals surface area contributed by atoms with E-state index in [1.807, 2.05) is 0 Å². The first kappa shape index (κ1) is 32.3. The van der Waals surface area contributed by atoms with Crippen LogP contribution in [0.4, 0.5) is 0 Å². The molecular weight excluding hydrogens is 476 g/mol. The molecule has 0 radical (unpaired) electrons. The molecule has 38 heavy (non-hydrogen) atoms. The van der Waals surface area contributed by atoms with Gasteiger partial charge in [0.15, 0.2) is 0 Å². The van der Waals surface area contributed by atoms with Gasteiger partial charge in [-0.15, -0.1) is 0 Å². The molecule has 1 aromatic rings. The van der Waals surface area contributed by atoms with Crippen LogP contribution in [-0.4, -0.2) is 54.3 Å². The van der Waals surface area contributed by atoms with Crippen LogP contribution in [0.15, 0.2) is 85.3 Å².